The number of nitrogens with one attached hydrogen (secondary N) is 2. The van der Waals surface area contributed by atoms with Gasteiger partial charge in [-0.15, -0.1) is 0 Å². The predicted molar refractivity (Wildman–Crippen MR) is 71.2 cm³/mol. The lowest BCUT2D eigenvalue weighted by Gasteiger charge is -2.32. The molecule has 0 bridgehead atoms. The molecule has 2 N–H and O–H groups in total. The highest BCUT2D eigenvalue weighted by Gasteiger charge is 2.20. The molecule has 0 unspecified atom stereocenters. The summed E-state index contributed by atoms with van der Waals surface area (Å²) in [6.07, 6.45) is 4.70. The first-order chi connectivity index (χ1) is 8.11. The Labute approximate surface area is 105 Å². The number of piperidine rings is 1. The molecule has 1 saturated heterocycles. The van der Waals surface area contributed by atoms with Gasteiger partial charge in [-0.25, -0.2) is 4.79 Å². The fourth-order valence-electron chi connectivity index (χ4n) is 2.17. The van der Waals surface area contributed by atoms with Crippen molar-refractivity contribution in [1.29, 1.82) is 0 Å². The molecule has 1 aliphatic rings. The van der Waals surface area contributed by atoms with Crippen molar-refractivity contribution in [2.24, 2.45) is 0 Å². The Hall–Kier alpha value is -0.770. The molecule has 0 aromatic heterocycles. The number of rotatable bonds is 5. The summed E-state index contributed by atoms with van der Waals surface area (Å²) < 4.78 is 0. The monoisotopic (exact) mass is 241 g/mol. The summed E-state index contributed by atoms with van der Waals surface area (Å²) in [6, 6.07) is 0.540. The van der Waals surface area contributed by atoms with Gasteiger partial charge in [0.15, 0.2) is 0 Å². The van der Waals surface area contributed by atoms with Gasteiger partial charge < -0.3 is 15.5 Å². The van der Waals surface area contributed by atoms with Crippen molar-refractivity contribution in [2.75, 3.05) is 19.6 Å². The molecule has 0 aromatic rings. The topological polar surface area (TPSA) is 44.4 Å². The maximum absolute atomic E-state index is 11.5. The number of hydrogen-bond acceptors (Lipinski definition) is 2. The Bertz CT molecular complexity index is 223. The molecule has 0 atom stereocenters. The van der Waals surface area contributed by atoms with Gasteiger partial charge in [0.05, 0.1) is 0 Å². The molecular formula is C13H27N3O. The van der Waals surface area contributed by atoms with E-state index < -0.39 is 0 Å². The van der Waals surface area contributed by atoms with Crippen molar-refractivity contribution in [2.45, 2.75) is 58.5 Å². The molecule has 1 rings (SSSR count). The SMILES string of the molecule is CCCCN1CCC(NC(=O)NC(C)C)CC1. The highest BCUT2D eigenvalue weighted by molar-refractivity contribution is 5.74. The molecule has 2 amide bonds. The first-order valence-corrected chi connectivity index (χ1v) is 6.91. The van der Waals surface area contributed by atoms with Gasteiger partial charge in [-0.2, -0.15) is 0 Å². The molecule has 0 aromatic carbocycles. The van der Waals surface area contributed by atoms with Crippen molar-refractivity contribution >= 4 is 6.03 Å². The molecule has 0 radical (unpaired) electrons. The largest absolute Gasteiger partial charge is 0.336 e. The van der Waals surface area contributed by atoms with Crippen LogP contribution in [0.3, 0.4) is 0 Å². The van der Waals surface area contributed by atoms with E-state index in [-0.39, 0.29) is 12.1 Å². The van der Waals surface area contributed by atoms with Crippen LogP contribution in [-0.2, 0) is 0 Å². The Morgan fingerprint density at radius 3 is 2.53 bits per heavy atom. The highest BCUT2D eigenvalue weighted by Crippen LogP contribution is 2.10. The second-order valence-corrected chi connectivity index (χ2v) is 5.24. The zero-order chi connectivity index (χ0) is 12.7. The maximum Gasteiger partial charge on any atom is 0.315 e. The number of hydrogen-bond donors (Lipinski definition) is 2. The molecule has 0 spiro atoms. The Kier molecular flexibility index (Phi) is 6.34. The van der Waals surface area contributed by atoms with E-state index >= 15 is 0 Å². The third kappa shape index (κ3) is 5.91. The summed E-state index contributed by atoms with van der Waals surface area (Å²) in [5.74, 6) is 0. The summed E-state index contributed by atoms with van der Waals surface area (Å²) in [6.45, 7) is 9.63. The van der Waals surface area contributed by atoms with Crippen LogP contribution in [0.5, 0.6) is 0 Å². The lowest BCUT2D eigenvalue weighted by molar-refractivity contribution is 0.190. The van der Waals surface area contributed by atoms with E-state index in [0.717, 1.165) is 25.9 Å². The van der Waals surface area contributed by atoms with E-state index in [0.29, 0.717) is 6.04 Å². The molecule has 0 aliphatic carbocycles. The minimum absolute atomic E-state index is 0.0213. The van der Waals surface area contributed by atoms with Gasteiger partial charge in [-0.1, -0.05) is 13.3 Å². The van der Waals surface area contributed by atoms with Crippen molar-refractivity contribution in [3.8, 4) is 0 Å². The summed E-state index contributed by atoms with van der Waals surface area (Å²) in [5, 5.41) is 5.92. The fourth-order valence-corrected chi connectivity index (χ4v) is 2.17. The molecule has 100 valence electrons. The standard InChI is InChI=1S/C13H27N3O/c1-4-5-8-16-9-6-12(7-10-16)15-13(17)14-11(2)3/h11-12H,4-10H2,1-3H3,(H2,14,15,17). The van der Waals surface area contributed by atoms with Crippen molar-refractivity contribution in [1.82, 2.24) is 15.5 Å². The predicted octanol–water partition coefficient (Wildman–Crippen LogP) is 1.96. The van der Waals surface area contributed by atoms with Crippen LogP contribution in [0.4, 0.5) is 4.79 Å². The van der Waals surface area contributed by atoms with E-state index in [4.69, 9.17) is 0 Å². The second kappa shape index (κ2) is 7.54. The molecule has 17 heavy (non-hydrogen) atoms. The molecule has 4 nitrogen and oxygen atoms in total. The zero-order valence-electron chi connectivity index (χ0n) is 11.5. The van der Waals surface area contributed by atoms with Gasteiger partial charge in [0, 0.05) is 25.2 Å². The number of amides is 2. The second-order valence-electron chi connectivity index (χ2n) is 5.24. The minimum Gasteiger partial charge on any atom is -0.336 e. The van der Waals surface area contributed by atoms with Crippen LogP contribution in [0.2, 0.25) is 0 Å². The Morgan fingerprint density at radius 1 is 1.35 bits per heavy atom. The normalized spacial score (nSPS) is 18.4. The van der Waals surface area contributed by atoms with Gasteiger partial charge in [0.2, 0.25) is 0 Å². The third-order valence-corrected chi connectivity index (χ3v) is 3.17. The van der Waals surface area contributed by atoms with Crippen LogP contribution in [0.25, 0.3) is 0 Å². The van der Waals surface area contributed by atoms with Gasteiger partial charge in [0.25, 0.3) is 0 Å². The lowest BCUT2D eigenvalue weighted by atomic mass is 10.0. The summed E-state index contributed by atoms with van der Waals surface area (Å²) in [7, 11) is 0. The van der Waals surface area contributed by atoms with Crippen LogP contribution in [0.1, 0.15) is 46.5 Å². The van der Waals surface area contributed by atoms with Crippen molar-refractivity contribution in [3.05, 3.63) is 0 Å². The number of carbonyl (C=O) groups excluding carboxylic acids is 1. The Balaban J connectivity index is 2.16. The van der Waals surface area contributed by atoms with Crippen LogP contribution < -0.4 is 10.6 Å². The van der Waals surface area contributed by atoms with Gasteiger partial charge in [-0.3, -0.25) is 0 Å². The minimum atomic E-state index is -0.0213. The molecule has 1 fully saturated rings. The van der Waals surface area contributed by atoms with Crippen LogP contribution in [0, 0.1) is 0 Å². The maximum atomic E-state index is 11.5. The number of urea groups is 1. The summed E-state index contributed by atoms with van der Waals surface area (Å²) >= 11 is 0. The van der Waals surface area contributed by atoms with Crippen LogP contribution in [0.15, 0.2) is 0 Å². The average molecular weight is 241 g/mol. The molecule has 1 heterocycles. The number of nitrogens with zero attached hydrogens (tertiary/aromatic N) is 1. The van der Waals surface area contributed by atoms with E-state index in [9.17, 15) is 4.79 Å². The quantitative estimate of drug-likeness (QED) is 0.773. The van der Waals surface area contributed by atoms with Gasteiger partial charge >= 0.3 is 6.03 Å². The smallest absolute Gasteiger partial charge is 0.315 e. The van der Waals surface area contributed by atoms with E-state index in [2.05, 4.69) is 22.5 Å². The number of unbranched alkanes of at least 4 members (excludes halogenated alkanes) is 1. The van der Waals surface area contributed by atoms with Crippen LogP contribution >= 0.6 is 0 Å². The zero-order valence-corrected chi connectivity index (χ0v) is 11.5. The average Bonchev–Trinajstić information content (AvgIpc) is 2.27. The first-order valence-electron chi connectivity index (χ1n) is 6.91. The number of carbonyl (C=O) groups is 1. The summed E-state index contributed by atoms with van der Waals surface area (Å²) in [5.41, 5.74) is 0. The van der Waals surface area contributed by atoms with Crippen molar-refractivity contribution in [3.63, 3.8) is 0 Å². The van der Waals surface area contributed by atoms with Crippen molar-refractivity contribution < 1.29 is 4.79 Å². The summed E-state index contributed by atoms with van der Waals surface area (Å²) in [4.78, 5) is 14.0. The van der Waals surface area contributed by atoms with E-state index in [1.54, 1.807) is 0 Å². The van der Waals surface area contributed by atoms with Gasteiger partial charge in [0.1, 0.15) is 0 Å². The Morgan fingerprint density at radius 2 is 2.00 bits per heavy atom. The van der Waals surface area contributed by atoms with Gasteiger partial charge in [-0.05, 0) is 39.7 Å². The molecule has 4 heteroatoms. The van der Waals surface area contributed by atoms with E-state index in [1.807, 2.05) is 13.8 Å². The highest BCUT2D eigenvalue weighted by atomic mass is 16.2. The first kappa shape index (κ1) is 14.3. The fraction of sp³-hybridized carbons (Fsp3) is 0.923. The number of likely N-dealkylation sites (tertiary alicyclic amines) is 1. The molecular weight excluding hydrogens is 214 g/mol. The molecule has 1 aliphatic heterocycles. The third-order valence-electron chi connectivity index (χ3n) is 3.17. The molecule has 0 saturated carbocycles. The lowest BCUT2D eigenvalue weighted by Crippen LogP contribution is -2.49. The van der Waals surface area contributed by atoms with Crippen LogP contribution in [-0.4, -0.2) is 42.6 Å². The van der Waals surface area contributed by atoms with E-state index in [1.165, 1.54) is 19.4 Å².